The smallest absolute Gasteiger partial charge is 0.357 e. The van der Waals surface area contributed by atoms with E-state index >= 15 is 0 Å². The summed E-state index contributed by atoms with van der Waals surface area (Å²) >= 11 is 11.5. The van der Waals surface area contributed by atoms with Crippen LogP contribution >= 0.6 is 23.2 Å². The number of carbonyl (C=O) groups excluding carboxylic acids is 2. The number of benzene rings is 1. The van der Waals surface area contributed by atoms with Crippen LogP contribution in [0, 0.1) is 0 Å². The molecule has 2 aromatic rings. The zero-order chi connectivity index (χ0) is 15.2. The first-order valence-corrected chi connectivity index (χ1v) is 6.64. The van der Waals surface area contributed by atoms with Gasteiger partial charge in [0.05, 0.1) is 0 Å². The molecule has 0 saturated heterocycles. The molecule has 0 fully saturated rings. The van der Waals surface area contributed by atoms with E-state index in [1.807, 2.05) is 0 Å². The van der Waals surface area contributed by atoms with Crippen molar-refractivity contribution in [3.63, 3.8) is 0 Å². The van der Waals surface area contributed by atoms with Gasteiger partial charge < -0.3 is 10.1 Å². The van der Waals surface area contributed by atoms with Crippen LogP contribution in [0.3, 0.4) is 0 Å². The van der Waals surface area contributed by atoms with Gasteiger partial charge in [0.15, 0.2) is 6.61 Å². The number of carbonyl (C=O) groups is 2. The minimum Gasteiger partial charge on any atom is -0.451 e. The number of ether oxygens (including phenoxy) is 1. The Hall–Kier alpha value is -2.11. The van der Waals surface area contributed by atoms with Gasteiger partial charge in [0.25, 0.3) is 5.91 Å². The standard InChI is InChI=1S/C14H10Cl2N2O3/c15-9-2-1-3-11(6-9)18-13(19)8-21-14(20)12-7-10(16)4-5-17-12/h1-7H,8H2,(H,18,19). The van der Waals surface area contributed by atoms with E-state index in [0.717, 1.165) is 0 Å². The van der Waals surface area contributed by atoms with Crippen LogP contribution in [0.1, 0.15) is 10.5 Å². The molecule has 1 aromatic carbocycles. The molecule has 0 unspecified atom stereocenters. The maximum absolute atomic E-state index is 11.7. The molecule has 1 amide bonds. The molecule has 0 radical (unpaired) electrons. The predicted octanol–water partition coefficient (Wildman–Crippen LogP) is 3.18. The molecule has 5 nitrogen and oxygen atoms in total. The zero-order valence-electron chi connectivity index (χ0n) is 10.7. The summed E-state index contributed by atoms with van der Waals surface area (Å²) < 4.78 is 4.84. The van der Waals surface area contributed by atoms with Crippen molar-refractivity contribution >= 4 is 40.8 Å². The van der Waals surface area contributed by atoms with Gasteiger partial charge in [-0.05, 0) is 30.3 Å². The number of anilines is 1. The van der Waals surface area contributed by atoms with Gasteiger partial charge >= 0.3 is 5.97 Å². The third-order valence-corrected chi connectivity index (χ3v) is 2.84. The maximum atomic E-state index is 11.7. The van der Waals surface area contributed by atoms with Crippen LogP contribution in [0.4, 0.5) is 5.69 Å². The number of aromatic nitrogens is 1. The number of amides is 1. The molecule has 0 aliphatic heterocycles. The van der Waals surface area contributed by atoms with Crippen molar-refractivity contribution in [2.75, 3.05) is 11.9 Å². The van der Waals surface area contributed by atoms with Crippen LogP contribution < -0.4 is 5.32 Å². The Morgan fingerprint density at radius 3 is 2.62 bits per heavy atom. The summed E-state index contributed by atoms with van der Waals surface area (Å²) in [7, 11) is 0. The number of nitrogens with zero attached hydrogens (tertiary/aromatic N) is 1. The highest BCUT2D eigenvalue weighted by atomic mass is 35.5. The fourth-order valence-electron chi connectivity index (χ4n) is 1.48. The number of esters is 1. The Bertz CT molecular complexity index is 677. The second kappa shape index (κ2) is 7.06. The number of hydrogen-bond donors (Lipinski definition) is 1. The van der Waals surface area contributed by atoms with Crippen LogP contribution in [0.25, 0.3) is 0 Å². The van der Waals surface area contributed by atoms with Crippen LogP contribution in [-0.4, -0.2) is 23.5 Å². The molecular formula is C14H10Cl2N2O3. The molecule has 0 atom stereocenters. The Balaban J connectivity index is 1.88. The van der Waals surface area contributed by atoms with E-state index in [0.29, 0.717) is 15.7 Å². The fourth-order valence-corrected chi connectivity index (χ4v) is 1.83. The first kappa shape index (κ1) is 15.3. The van der Waals surface area contributed by atoms with Gasteiger partial charge in [-0.25, -0.2) is 9.78 Å². The van der Waals surface area contributed by atoms with E-state index in [1.54, 1.807) is 24.3 Å². The molecule has 2 rings (SSSR count). The lowest BCUT2D eigenvalue weighted by Gasteiger charge is -2.06. The lowest BCUT2D eigenvalue weighted by Crippen LogP contribution is -2.21. The Labute approximate surface area is 130 Å². The number of halogens is 2. The Kier molecular flexibility index (Phi) is 5.14. The number of nitrogens with one attached hydrogen (secondary N) is 1. The van der Waals surface area contributed by atoms with E-state index in [1.165, 1.54) is 18.3 Å². The van der Waals surface area contributed by atoms with Gasteiger partial charge in [-0.1, -0.05) is 29.3 Å². The van der Waals surface area contributed by atoms with Gasteiger partial charge in [-0.3, -0.25) is 4.79 Å². The number of pyridine rings is 1. The number of rotatable bonds is 4. The molecule has 0 bridgehead atoms. The van der Waals surface area contributed by atoms with Crippen molar-refractivity contribution in [1.82, 2.24) is 4.98 Å². The van der Waals surface area contributed by atoms with Crippen molar-refractivity contribution in [3.05, 3.63) is 58.3 Å². The Morgan fingerprint density at radius 2 is 1.90 bits per heavy atom. The minimum atomic E-state index is -0.723. The van der Waals surface area contributed by atoms with E-state index < -0.39 is 18.5 Å². The quantitative estimate of drug-likeness (QED) is 0.877. The first-order valence-electron chi connectivity index (χ1n) is 5.89. The summed E-state index contributed by atoms with van der Waals surface area (Å²) in [5, 5.41) is 3.41. The van der Waals surface area contributed by atoms with Crippen molar-refractivity contribution in [3.8, 4) is 0 Å². The summed E-state index contributed by atoms with van der Waals surface area (Å²) in [4.78, 5) is 27.1. The second-order valence-electron chi connectivity index (χ2n) is 3.99. The molecular weight excluding hydrogens is 315 g/mol. The molecule has 21 heavy (non-hydrogen) atoms. The fraction of sp³-hybridized carbons (Fsp3) is 0.0714. The summed E-state index contributed by atoms with van der Waals surface area (Å²) in [6.45, 7) is -0.431. The summed E-state index contributed by atoms with van der Waals surface area (Å²) in [6, 6.07) is 9.52. The van der Waals surface area contributed by atoms with Gasteiger partial charge in [-0.2, -0.15) is 0 Å². The van der Waals surface area contributed by atoms with Crippen molar-refractivity contribution in [2.24, 2.45) is 0 Å². The van der Waals surface area contributed by atoms with Crippen LogP contribution in [0.5, 0.6) is 0 Å². The molecule has 1 heterocycles. The summed E-state index contributed by atoms with van der Waals surface area (Å²) in [6.07, 6.45) is 1.38. The molecule has 0 spiro atoms. The molecule has 0 aliphatic carbocycles. The van der Waals surface area contributed by atoms with Gasteiger partial charge in [-0.15, -0.1) is 0 Å². The molecule has 1 N–H and O–H groups in total. The average molecular weight is 325 g/mol. The van der Waals surface area contributed by atoms with Crippen molar-refractivity contribution < 1.29 is 14.3 Å². The lowest BCUT2D eigenvalue weighted by atomic mass is 10.3. The summed E-state index contributed by atoms with van der Waals surface area (Å²) in [5.74, 6) is -1.20. The van der Waals surface area contributed by atoms with Gasteiger partial charge in [0, 0.05) is 21.9 Å². The minimum absolute atomic E-state index is 0.0399. The topological polar surface area (TPSA) is 68.3 Å². The predicted molar refractivity (Wildman–Crippen MR) is 79.6 cm³/mol. The molecule has 1 aromatic heterocycles. The monoisotopic (exact) mass is 324 g/mol. The van der Waals surface area contributed by atoms with E-state index in [2.05, 4.69) is 10.3 Å². The average Bonchev–Trinajstić information content (AvgIpc) is 2.45. The molecule has 108 valence electrons. The SMILES string of the molecule is O=C(COC(=O)c1cc(Cl)ccn1)Nc1cccc(Cl)c1. The van der Waals surface area contributed by atoms with E-state index in [-0.39, 0.29) is 5.69 Å². The highest BCUT2D eigenvalue weighted by Gasteiger charge is 2.12. The maximum Gasteiger partial charge on any atom is 0.357 e. The largest absolute Gasteiger partial charge is 0.451 e. The third kappa shape index (κ3) is 4.73. The second-order valence-corrected chi connectivity index (χ2v) is 4.87. The molecule has 0 saturated carbocycles. The van der Waals surface area contributed by atoms with Gasteiger partial charge in [0.2, 0.25) is 0 Å². The third-order valence-electron chi connectivity index (χ3n) is 2.37. The van der Waals surface area contributed by atoms with Crippen LogP contribution in [0.2, 0.25) is 10.0 Å². The van der Waals surface area contributed by atoms with Crippen LogP contribution in [-0.2, 0) is 9.53 Å². The van der Waals surface area contributed by atoms with Crippen LogP contribution in [0.15, 0.2) is 42.6 Å². The highest BCUT2D eigenvalue weighted by Crippen LogP contribution is 2.14. The zero-order valence-corrected chi connectivity index (χ0v) is 12.2. The molecule has 0 aliphatic rings. The van der Waals surface area contributed by atoms with Crippen molar-refractivity contribution in [1.29, 1.82) is 0 Å². The first-order chi connectivity index (χ1) is 10.0. The van der Waals surface area contributed by atoms with E-state index in [4.69, 9.17) is 27.9 Å². The molecule has 7 heteroatoms. The number of hydrogen-bond acceptors (Lipinski definition) is 4. The highest BCUT2D eigenvalue weighted by molar-refractivity contribution is 6.31. The van der Waals surface area contributed by atoms with Gasteiger partial charge in [0.1, 0.15) is 5.69 Å². The van der Waals surface area contributed by atoms with E-state index in [9.17, 15) is 9.59 Å². The normalized spacial score (nSPS) is 10.0. The lowest BCUT2D eigenvalue weighted by molar-refractivity contribution is -0.119. The van der Waals surface area contributed by atoms with Crippen molar-refractivity contribution in [2.45, 2.75) is 0 Å². The summed E-state index contributed by atoms with van der Waals surface area (Å²) in [5.41, 5.74) is 0.558. The Morgan fingerprint density at radius 1 is 1.14 bits per heavy atom.